The van der Waals surface area contributed by atoms with E-state index in [4.69, 9.17) is 10.00 Å². The van der Waals surface area contributed by atoms with Gasteiger partial charge >= 0.3 is 12.0 Å². The Morgan fingerprint density at radius 2 is 1.86 bits per heavy atom. The van der Waals surface area contributed by atoms with Crippen LogP contribution < -0.4 is 5.32 Å². The Labute approximate surface area is 171 Å². The zero-order valence-corrected chi connectivity index (χ0v) is 17.2. The van der Waals surface area contributed by atoms with Crippen LogP contribution >= 0.6 is 0 Å². The van der Waals surface area contributed by atoms with Gasteiger partial charge in [0.25, 0.3) is 5.91 Å². The molecule has 0 radical (unpaired) electrons. The summed E-state index contributed by atoms with van der Waals surface area (Å²) in [4.78, 5) is 38.5. The fraction of sp³-hybridized carbons (Fsp3) is 0.545. The second-order valence-electron chi connectivity index (χ2n) is 9.01. The molecule has 2 fully saturated rings. The number of ether oxygens (including phenoxy) is 1. The molecule has 1 aromatic rings. The van der Waals surface area contributed by atoms with Crippen LogP contribution in [0.15, 0.2) is 24.3 Å². The highest BCUT2D eigenvalue weighted by Crippen LogP contribution is 2.43. The predicted molar refractivity (Wildman–Crippen MR) is 105 cm³/mol. The average molecular weight is 397 g/mol. The number of amides is 3. The van der Waals surface area contributed by atoms with E-state index >= 15 is 0 Å². The highest BCUT2D eigenvalue weighted by molar-refractivity contribution is 6.08. The molecule has 3 rings (SSSR count). The Morgan fingerprint density at radius 1 is 1.24 bits per heavy atom. The molecule has 0 bridgehead atoms. The molecule has 1 saturated carbocycles. The number of nitrogens with one attached hydrogen (secondary N) is 1. The molecule has 7 heteroatoms. The smallest absolute Gasteiger partial charge is 0.326 e. The average Bonchev–Trinajstić information content (AvgIpc) is 2.90. The Morgan fingerprint density at radius 3 is 2.41 bits per heavy atom. The summed E-state index contributed by atoms with van der Waals surface area (Å²) in [6.45, 7) is 6.21. The zero-order chi connectivity index (χ0) is 21.2. The van der Waals surface area contributed by atoms with E-state index in [9.17, 15) is 14.4 Å². The maximum absolute atomic E-state index is 12.9. The van der Waals surface area contributed by atoms with Gasteiger partial charge in [0.05, 0.1) is 11.6 Å². The van der Waals surface area contributed by atoms with Crippen molar-refractivity contribution in [2.45, 2.75) is 58.6 Å². The Balaban J connectivity index is 1.56. The van der Waals surface area contributed by atoms with Crippen molar-refractivity contribution in [1.29, 1.82) is 5.26 Å². The molecule has 1 aromatic carbocycles. The fourth-order valence-electron chi connectivity index (χ4n) is 4.15. The summed E-state index contributed by atoms with van der Waals surface area (Å²) in [6.07, 6.45) is 2.92. The van der Waals surface area contributed by atoms with Gasteiger partial charge in [-0.2, -0.15) is 5.26 Å². The molecule has 0 aromatic heterocycles. The molecule has 154 valence electrons. The largest absolute Gasteiger partial charge is 0.459 e. The van der Waals surface area contributed by atoms with Crippen LogP contribution in [0.25, 0.3) is 0 Å². The third-order valence-electron chi connectivity index (χ3n) is 6.08. The van der Waals surface area contributed by atoms with E-state index in [1.54, 1.807) is 24.3 Å². The van der Waals surface area contributed by atoms with Crippen LogP contribution in [0, 0.1) is 22.7 Å². The number of rotatable bonds is 4. The first kappa shape index (κ1) is 20.8. The quantitative estimate of drug-likeness (QED) is 0.621. The Bertz CT molecular complexity index is 840. The molecule has 1 heterocycles. The van der Waals surface area contributed by atoms with Crippen molar-refractivity contribution in [3.63, 3.8) is 0 Å². The van der Waals surface area contributed by atoms with E-state index in [1.807, 2.05) is 6.07 Å². The highest BCUT2D eigenvalue weighted by Gasteiger charge is 2.53. The number of nitrogens with zero attached hydrogens (tertiary/aromatic N) is 2. The standard InChI is InChI=1S/C22H27N3O4/c1-21(2,3)17-8-10-22(11-9-17)19(27)25(20(28)24-22)13-18(26)29-14-16-6-4-15(12-23)5-7-16/h4-7,17H,8-11,13-14H2,1-3H3,(H,24,28). The SMILES string of the molecule is CC(C)(C)C1CCC2(CC1)NC(=O)N(CC(=O)OCc1ccc(C#N)cc1)C2=O. The van der Waals surface area contributed by atoms with Gasteiger partial charge in [-0.15, -0.1) is 0 Å². The summed E-state index contributed by atoms with van der Waals surface area (Å²) in [5.41, 5.74) is 0.534. The van der Waals surface area contributed by atoms with Crippen LogP contribution in [0.4, 0.5) is 4.79 Å². The number of urea groups is 1. The molecule has 0 unspecified atom stereocenters. The predicted octanol–water partition coefficient (Wildman–Crippen LogP) is 3.13. The second kappa shape index (κ2) is 7.86. The summed E-state index contributed by atoms with van der Waals surface area (Å²) in [5, 5.41) is 11.6. The minimum absolute atomic E-state index is 0.0204. The highest BCUT2D eigenvalue weighted by atomic mass is 16.5. The maximum Gasteiger partial charge on any atom is 0.326 e. The fourth-order valence-corrected chi connectivity index (χ4v) is 4.15. The van der Waals surface area contributed by atoms with Crippen LogP contribution in [0.5, 0.6) is 0 Å². The topological polar surface area (TPSA) is 99.5 Å². The van der Waals surface area contributed by atoms with Crippen LogP contribution in [0.3, 0.4) is 0 Å². The Hall–Kier alpha value is -2.88. The second-order valence-corrected chi connectivity index (χ2v) is 9.01. The van der Waals surface area contributed by atoms with Gasteiger partial charge in [-0.1, -0.05) is 32.9 Å². The van der Waals surface area contributed by atoms with Gasteiger partial charge in [0.2, 0.25) is 0 Å². The van der Waals surface area contributed by atoms with Gasteiger partial charge in [-0.05, 0) is 54.7 Å². The summed E-state index contributed by atoms with van der Waals surface area (Å²) < 4.78 is 5.20. The van der Waals surface area contributed by atoms with E-state index in [-0.39, 0.29) is 17.9 Å². The number of imide groups is 1. The maximum atomic E-state index is 12.9. The van der Waals surface area contributed by atoms with Crippen molar-refractivity contribution in [1.82, 2.24) is 10.2 Å². The van der Waals surface area contributed by atoms with Crippen molar-refractivity contribution >= 4 is 17.9 Å². The molecule has 29 heavy (non-hydrogen) atoms. The molecule has 1 spiro atoms. The molecule has 0 atom stereocenters. The number of carbonyl (C=O) groups is 3. The summed E-state index contributed by atoms with van der Waals surface area (Å²) in [7, 11) is 0. The lowest BCUT2D eigenvalue weighted by atomic mass is 9.67. The van der Waals surface area contributed by atoms with E-state index in [0.29, 0.717) is 24.3 Å². The number of hydrogen-bond acceptors (Lipinski definition) is 5. The summed E-state index contributed by atoms with van der Waals surface area (Å²) in [6, 6.07) is 8.16. The molecule has 7 nitrogen and oxygen atoms in total. The van der Waals surface area contributed by atoms with Gasteiger partial charge in [0, 0.05) is 0 Å². The first-order chi connectivity index (χ1) is 13.6. The van der Waals surface area contributed by atoms with Crippen LogP contribution in [0.1, 0.15) is 57.6 Å². The number of esters is 1. The van der Waals surface area contributed by atoms with Gasteiger partial charge in [-0.3, -0.25) is 14.5 Å². The van der Waals surface area contributed by atoms with E-state index in [1.165, 1.54) is 0 Å². The molecule has 1 aliphatic heterocycles. The molecular formula is C22H27N3O4. The van der Waals surface area contributed by atoms with Crippen LogP contribution in [0.2, 0.25) is 0 Å². The normalized spacial score (nSPS) is 24.3. The lowest BCUT2D eigenvalue weighted by Gasteiger charge is -2.40. The van der Waals surface area contributed by atoms with E-state index < -0.39 is 24.1 Å². The zero-order valence-electron chi connectivity index (χ0n) is 17.2. The van der Waals surface area contributed by atoms with Crippen molar-refractivity contribution in [3.8, 4) is 6.07 Å². The van der Waals surface area contributed by atoms with Gasteiger partial charge in [-0.25, -0.2) is 4.79 Å². The van der Waals surface area contributed by atoms with Crippen LogP contribution in [-0.4, -0.2) is 34.9 Å². The molecule has 1 aliphatic carbocycles. The minimum atomic E-state index is -0.883. The van der Waals surface area contributed by atoms with E-state index in [2.05, 4.69) is 26.1 Å². The third-order valence-corrected chi connectivity index (χ3v) is 6.08. The first-order valence-electron chi connectivity index (χ1n) is 9.93. The number of hydrogen-bond donors (Lipinski definition) is 1. The van der Waals surface area contributed by atoms with Crippen molar-refractivity contribution in [2.75, 3.05) is 6.54 Å². The lowest BCUT2D eigenvalue weighted by molar-refractivity contribution is -0.149. The number of nitriles is 1. The van der Waals surface area contributed by atoms with E-state index in [0.717, 1.165) is 23.3 Å². The number of carbonyl (C=O) groups excluding carboxylic acids is 3. The molecule has 3 amide bonds. The molecule has 2 aliphatic rings. The first-order valence-corrected chi connectivity index (χ1v) is 9.93. The molecule has 1 saturated heterocycles. The van der Waals surface area contributed by atoms with Gasteiger partial charge in [0.1, 0.15) is 18.7 Å². The monoisotopic (exact) mass is 397 g/mol. The van der Waals surface area contributed by atoms with Crippen molar-refractivity contribution in [3.05, 3.63) is 35.4 Å². The van der Waals surface area contributed by atoms with Crippen molar-refractivity contribution < 1.29 is 19.1 Å². The molecule has 1 N–H and O–H groups in total. The third kappa shape index (κ3) is 4.42. The Kier molecular flexibility index (Phi) is 5.65. The summed E-state index contributed by atoms with van der Waals surface area (Å²) >= 11 is 0. The minimum Gasteiger partial charge on any atom is -0.459 e. The van der Waals surface area contributed by atoms with Gasteiger partial charge < -0.3 is 10.1 Å². The molecular weight excluding hydrogens is 370 g/mol. The number of benzene rings is 1. The summed E-state index contributed by atoms with van der Waals surface area (Å²) in [5.74, 6) is -0.465. The van der Waals surface area contributed by atoms with Crippen molar-refractivity contribution in [2.24, 2.45) is 11.3 Å². The van der Waals surface area contributed by atoms with Gasteiger partial charge in [0.15, 0.2) is 0 Å². The lowest BCUT2D eigenvalue weighted by Crippen LogP contribution is -2.50. The van der Waals surface area contributed by atoms with Crippen LogP contribution in [-0.2, 0) is 20.9 Å².